The van der Waals surface area contributed by atoms with Crippen LogP contribution < -0.4 is 19.7 Å². The number of methoxy groups -OCH3 is 1. The lowest BCUT2D eigenvalue weighted by atomic mass is 10.1. The van der Waals surface area contributed by atoms with Crippen molar-refractivity contribution < 1.29 is 28.6 Å². The number of amides is 3. The third-order valence-electron chi connectivity index (χ3n) is 5.56. The molecule has 9 nitrogen and oxygen atoms in total. The van der Waals surface area contributed by atoms with Crippen LogP contribution in [0, 0.1) is 12.3 Å². The van der Waals surface area contributed by atoms with E-state index in [1.807, 2.05) is 18.2 Å². The van der Waals surface area contributed by atoms with Crippen LogP contribution in [-0.2, 0) is 14.3 Å². The van der Waals surface area contributed by atoms with Gasteiger partial charge in [-0.3, -0.25) is 19.3 Å². The lowest BCUT2D eigenvalue weighted by Crippen LogP contribution is -2.38. The minimum atomic E-state index is -0.576. The third-order valence-corrected chi connectivity index (χ3v) is 6.93. The number of imide groups is 1. The highest BCUT2D eigenvalue weighted by molar-refractivity contribution is 9.10. The number of ether oxygens (including phenoxy) is 3. The van der Waals surface area contributed by atoms with Crippen molar-refractivity contribution in [2.75, 3.05) is 56.8 Å². The van der Waals surface area contributed by atoms with E-state index in [9.17, 15) is 14.4 Å². The number of anilines is 2. The highest BCUT2D eigenvalue weighted by atomic mass is 79.9. The largest absolute Gasteiger partial charge is 0.493 e. The molecule has 0 aromatic heterocycles. The number of thioether (sulfide) groups is 1. The van der Waals surface area contributed by atoms with E-state index in [0.717, 1.165) is 22.3 Å². The molecule has 2 saturated heterocycles. The van der Waals surface area contributed by atoms with Gasteiger partial charge in [0, 0.05) is 23.1 Å². The van der Waals surface area contributed by atoms with Crippen LogP contribution >= 0.6 is 27.7 Å². The van der Waals surface area contributed by atoms with E-state index in [1.165, 1.54) is 13.2 Å². The van der Waals surface area contributed by atoms with Gasteiger partial charge < -0.3 is 24.4 Å². The summed E-state index contributed by atoms with van der Waals surface area (Å²) in [6, 6.07) is 10.8. The van der Waals surface area contributed by atoms with Crippen LogP contribution in [0.1, 0.15) is 5.56 Å². The molecule has 2 aliphatic heterocycles. The van der Waals surface area contributed by atoms with Gasteiger partial charge in [0.2, 0.25) is 5.91 Å². The van der Waals surface area contributed by atoms with Gasteiger partial charge >= 0.3 is 0 Å². The first-order valence-electron chi connectivity index (χ1n) is 11.3. The van der Waals surface area contributed by atoms with E-state index in [4.69, 9.17) is 20.6 Å². The molecule has 2 aromatic carbocycles. The molecule has 2 fully saturated rings. The number of rotatable bonds is 8. The number of carbonyl (C=O) groups excluding carboxylic acids is 3. The Labute approximate surface area is 227 Å². The second-order valence-electron chi connectivity index (χ2n) is 7.95. The zero-order valence-corrected chi connectivity index (χ0v) is 22.4. The molecule has 37 heavy (non-hydrogen) atoms. The number of hydrogen-bond acceptors (Lipinski definition) is 8. The van der Waals surface area contributed by atoms with Gasteiger partial charge in [-0.25, -0.2) is 0 Å². The summed E-state index contributed by atoms with van der Waals surface area (Å²) >= 11 is 4.15. The first-order valence-corrected chi connectivity index (χ1v) is 12.9. The number of morpholine rings is 1. The smallest absolute Gasteiger partial charge is 0.294 e. The van der Waals surface area contributed by atoms with Crippen molar-refractivity contribution in [3.63, 3.8) is 0 Å². The summed E-state index contributed by atoms with van der Waals surface area (Å²) in [6.07, 6.45) is 6.85. The van der Waals surface area contributed by atoms with Gasteiger partial charge in [-0.15, -0.1) is 6.42 Å². The summed E-state index contributed by atoms with van der Waals surface area (Å²) in [6.45, 7) is 2.19. The number of nitrogens with one attached hydrogen (secondary N) is 1. The summed E-state index contributed by atoms with van der Waals surface area (Å²) < 4.78 is 17.1. The van der Waals surface area contributed by atoms with E-state index in [0.29, 0.717) is 53.5 Å². The molecule has 4 rings (SSSR count). The number of terminal acetylenes is 1. The number of hydrogen-bond donors (Lipinski definition) is 1. The van der Waals surface area contributed by atoms with Crippen molar-refractivity contribution in [3.8, 4) is 23.8 Å². The Morgan fingerprint density at radius 2 is 2.03 bits per heavy atom. The Bertz CT molecular complexity index is 1290. The topological polar surface area (TPSA) is 97.4 Å². The Hall–Kier alpha value is -3.46. The van der Waals surface area contributed by atoms with Crippen LogP contribution in [0.15, 0.2) is 45.8 Å². The van der Waals surface area contributed by atoms with Gasteiger partial charge in [0.05, 0.1) is 36.6 Å². The van der Waals surface area contributed by atoms with E-state index in [2.05, 4.69) is 32.1 Å². The molecule has 2 aliphatic rings. The predicted octanol–water partition coefficient (Wildman–Crippen LogP) is 3.98. The number of nitrogens with zero attached hydrogens (tertiary/aromatic N) is 2. The molecule has 11 heteroatoms. The molecular weight excluding hydrogens is 562 g/mol. The average Bonchev–Trinajstić information content (AvgIpc) is 3.15. The monoisotopic (exact) mass is 585 g/mol. The van der Waals surface area contributed by atoms with Gasteiger partial charge in [0.25, 0.3) is 11.1 Å². The van der Waals surface area contributed by atoms with Gasteiger partial charge in [0.1, 0.15) is 13.2 Å². The standard InChI is InChI=1S/C26H24BrN3O6S/c1-3-10-36-24-17(13-18(27)15-21(24)34-2)14-22-25(32)30(26(33)37-22)16-23(31)28-19-6-4-5-7-20(19)29-8-11-35-12-9-29/h1,4-7,13-15H,8-12,16H2,2H3,(H,28,31)/b22-14+. The summed E-state index contributed by atoms with van der Waals surface area (Å²) in [5, 5.41) is 2.30. The van der Waals surface area contributed by atoms with Crippen LogP contribution in [-0.4, -0.2) is 68.5 Å². The van der Waals surface area contributed by atoms with Gasteiger partial charge in [-0.2, -0.15) is 0 Å². The van der Waals surface area contributed by atoms with E-state index < -0.39 is 23.6 Å². The van der Waals surface area contributed by atoms with Crippen LogP contribution in [0.3, 0.4) is 0 Å². The first kappa shape index (κ1) is 26.6. The minimum absolute atomic E-state index is 0.00753. The van der Waals surface area contributed by atoms with Gasteiger partial charge in [-0.1, -0.05) is 34.0 Å². The summed E-state index contributed by atoms with van der Waals surface area (Å²) in [5.74, 6) is 2.09. The van der Waals surface area contributed by atoms with Crippen molar-refractivity contribution in [1.82, 2.24) is 4.90 Å². The molecule has 1 N–H and O–H groups in total. The van der Waals surface area contributed by atoms with Crippen molar-refractivity contribution in [2.45, 2.75) is 0 Å². The number of carbonyl (C=O) groups is 3. The molecule has 0 unspecified atom stereocenters. The van der Waals surface area contributed by atoms with Crippen LogP contribution in [0.5, 0.6) is 11.5 Å². The maximum atomic E-state index is 13.1. The molecule has 2 heterocycles. The zero-order valence-electron chi connectivity index (χ0n) is 20.0. The number of para-hydroxylation sites is 2. The molecular formula is C26H24BrN3O6S. The van der Waals surface area contributed by atoms with Crippen LogP contribution in [0.2, 0.25) is 0 Å². The minimum Gasteiger partial charge on any atom is -0.493 e. The quantitative estimate of drug-likeness (QED) is 0.367. The molecule has 0 saturated carbocycles. The fraction of sp³-hybridized carbons (Fsp3) is 0.269. The SMILES string of the molecule is C#CCOc1c(/C=C2/SC(=O)N(CC(=O)Nc3ccccc3N3CCOCC3)C2=O)cc(Br)cc1OC. The maximum Gasteiger partial charge on any atom is 0.294 e. The van der Waals surface area contributed by atoms with Crippen molar-refractivity contribution in [1.29, 1.82) is 0 Å². The van der Waals surface area contributed by atoms with Gasteiger partial charge in [-0.05, 0) is 42.1 Å². The lowest BCUT2D eigenvalue weighted by molar-refractivity contribution is -0.127. The maximum absolute atomic E-state index is 13.1. The fourth-order valence-corrected chi connectivity index (χ4v) is 5.17. The molecule has 0 atom stereocenters. The fourth-order valence-electron chi connectivity index (χ4n) is 3.89. The molecule has 0 radical (unpaired) electrons. The molecule has 3 amide bonds. The molecule has 0 bridgehead atoms. The summed E-state index contributed by atoms with van der Waals surface area (Å²) in [7, 11) is 1.48. The zero-order chi connectivity index (χ0) is 26.4. The number of benzene rings is 2. The third kappa shape index (κ3) is 6.28. The first-order chi connectivity index (χ1) is 17.9. The summed E-state index contributed by atoms with van der Waals surface area (Å²) in [4.78, 5) is 41.8. The van der Waals surface area contributed by atoms with E-state index in [-0.39, 0.29) is 11.5 Å². The van der Waals surface area contributed by atoms with E-state index >= 15 is 0 Å². The molecule has 0 spiro atoms. The Morgan fingerprint density at radius 1 is 1.27 bits per heavy atom. The van der Waals surface area contributed by atoms with Crippen molar-refractivity contribution in [2.24, 2.45) is 0 Å². The highest BCUT2D eigenvalue weighted by Crippen LogP contribution is 2.39. The van der Waals surface area contributed by atoms with Crippen molar-refractivity contribution >= 4 is 62.2 Å². The molecule has 192 valence electrons. The Morgan fingerprint density at radius 3 is 2.76 bits per heavy atom. The van der Waals surface area contributed by atoms with Gasteiger partial charge in [0.15, 0.2) is 11.5 Å². The second kappa shape index (κ2) is 12.2. The van der Waals surface area contributed by atoms with Crippen LogP contribution in [0.4, 0.5) is 16.2 Å². The molecule has 0 aliphatic carbocycles. The molecule has 2 aromatic rings. The van der Waals surface area contributed by atoms with E-state index in [1.54, 1.807) is 18.2 Å². The lowest BCUT2D eigenvalue weighted by Gasteiger charge is -2.30. The average molecular weight is 586 g/mol. The number of halogens is 1. The predicted molar refractivity (Wildman–Crippen MR) is 146 cm³/mol. The normalized spacial score (nSPS) is 16.6. The van der Waals surface area contributed by atoms with Crippen molar-refractivity contribution in [3.05, 3.63) is 51.3 Å². The Kier molecular flexibility index (Phi) is 8.76. The second-order valence-corrected chi connectivity index (χ2v) is 9.86. The Balaban J connectivity index is 1.51. The van der Waals surface area contributed by atoms with Crippen LogP contribution in [0.25, 0.3) is 6.08 Å². The highest BCUT2D eigenvalue weighted by Gasteiger charge is 2.36. The summed E-state index contributed by atoms with van der Waals surface area (Å²) in [5.41, 5.74) is 1.96.